The van der Waals surface area contributed by atoms with Gasteiger partial charge >= 0.3 is 0 Å². The molecule has 27 heavy (non-hydrogen) atoms. The summed E-state index contributed by atoms with van der Waals surface area (Å²) < 4.78 is 0. The zero-order chi connectivity index (χ0) is 20.5. The van der Waals surface area contributed by atoms with E-state index in [2.05, 4.69) is 75.3 Å². The average molecular weight is 367 g/mol. The molecule has 1 nitrogen and oxygen atoms in total. The molecule has 0 heterocycles. The summed E-state index contributed by atoms with van der Waals surface area (Å²) in [4.78, 5) is 13.5. The van der Waals surface area contributed by atoms with Crippen LogP contribution < -0.4 is 0 Å². The van der Waals surface area contributed by atoms with Crippen molar-refractivity contribution in [2.75, 3.05) is 0 Å². The minimum Gasteiger partial charge on any atom is -0.294 e. The van der Waals surface area contributed by atoms with Crippen molar-refractivity contribution in [1.29, 1.82) is 0 Å². The van der Waals surface area contributed by atoms with Crippen LogP contribution in [0.2, 0.25) is 0 Å². The predicted molar refractivity (Wildman–Crippen MR) is 116 cm³/mol. The van der Waals surface area contributed by atoms with Crippen molar-refractivity contribution in [2.45, 2.75) is 93.9 Å². The Hall–Kier alpha value is -1.37. The van der Waals surface area contributed by atoms with Crippen LogP contribution in [0.4, 0.5) is 0 Å². The Morgan fingerprint density at radius 1 is 1.00 bits per heavy atom. The van der Waals surface area contributed by atoms with Gasteiger partial charge in [0.1, 0.15) is 0 Å². The van der Waals surface area contributed by atoms with Crippen LogP contribution in [0, 0.1) is 44.4 Å². The molecule has 2 unspecified atom stereocenters. The van der Waals surface area contributed by atoms with Crippen LogP contribution in [0.5, 0.6) is 0 Å². The van der Waals surface area contributed by atoms with E-state index >= 15 is 0 Å². The molecule has 2 fully saturated rings. The molecule has 0 aliphatic heterocycles. The number of rotatable bonds is 2. The third kappa shape index (κ3) is 2.53. The molecule has 2 aliphatic carbocycles. The van der Waals surface area contributed by atoms with E-state index in [9.17, 15) is 4.79 Å². The fourth-order valence-corrected chi connectivity index (χ4v) is 6.59. The van der Waals surface area contributed by atoms with Crippen molar-refractivity contribution >= 4 is 11.9 Å². The second-order valence-electron chi connectivity index (χ2n) is 10.7. The van der Waals surface area contributed by atoms with Crippen LogP contribution in [0.3, 0.4) is 0 Å². The quantitative estimate of drug-likeness (QED) is 0.514. The predicted octanol–water partition coefficient (Wildman–Crippen LogP) is 7.02. The molecule has 0 saturated heterocycles. The molecule has 1 aromatic rings. The lowest BCUT2D eigenvalue weighted by molar-refractivity contribution is -0.126. The van der Waals surface area contributed by atoms with E-state index < -0.39 is 0 Å². The molecular formula is C26H38O. The Balaban J connectivity index is 2.22. The molecule has 0 spiro atoms. The molecule has 2 aliphatic rings. The van der Waals surface area contributed by atoms with Gasteiger partial charge in [-0.25, -0.2) is 0 Å². The van der Waals surface area contributed by atoms with Gasteiger partial charge in [-0.1, -0.05) is 41.5 Å². The monoisotopic (exact) mass is 366 g/mol. The molecular weight excluding hydrogens is 328 g/mol. The molecule has 2 saturated carbocycles. The van der Waals surface area contributed by atoms with Crippen molar-refractivity contribution in [3.63, 3.8) is 0 Å². The van der Waals surface area contributed by atoms with Gasteiger partial charge in [0.15, 0.2) is 5.78 Å². The summed E-state index contributed by atoms with van der Waals surface area (Å²) in [5.41, 5.74) is 9.38. The summed E-state index contributed by atoms with van der Waals surface area (Å²) in [5, 5.41) is 0. The van der Waals surface area contributed by atoms with Crippen molar-refractivity contribution in [2.24, 2.45) is 16.7 Å². The minimum absolute atomic E-state index is 0.0852. The molecule has 0 amide bonds. The molecule has 1 aromatic carbocycles. The van der Waals surface area contributed by atoms with E-state index in [1.54, 1.807) is 0 Å². The Bertz CT molecular complexity index is 815. The summed E-state index contributed by atoms with van der Waals surface area (Å²) in [6, 6.07) is 0. The smallest absolute Gasteiger partial charge is 0.165 e. The van der Waals surface area contributed by atoms with Crippen LogP contribution >= 0.6 is 0 Å². The highest BCUT2D eigenvalue weighted by atomic mass is 16.1. The third-order valence-electron chi connectivity index (χ3n) is 8.37. The van der Waals surface area contributed by atoms with Crippen molar-refractivity contribution in [3.8, 4) is 0 Å². The zero-order valence-corrected chi connectivity index (χ0v) is 19.2. The summed E-state index contributed by atoms with van der Waals surface area (Å²) in [5.74, 6) is 0.840. The second kappa shape index (κ2) is 6.06. The maximum absolute atomic E-state index is 13.5. The number of hydrogen-bond acceptors (Lipinski definition) is 1. The fourth-order valence-electron chi connectivity index (χ4n) is 6.59. The van der Waals surface area contributed by atoms with Gasteiger partial charge in [0.2, 0.25) is 0 Å². The van der Waals surface area contributed by atoms with Crippen molar-refractivity contribution in [3.05, 3.63) is 39.0 Å². The Morgan fingerprint density at radius 3 is 1.93 bits per heavy atom. The lowest BCUT2D eigenvalue weighted by Gasteiger charge is -2.34. The SMILES string of the molecule is CCC12CCC(/C(=C/c3c(C)c(C)c(C(C)(C)C)c(C)c3C)C1=O)C2(C)C. The van der Waals surface area contributed by atoms with E-state index in [0.717, 1.165) is 24.8 Å². The topological polar surface area (TPSA) is 17.1 Å². The first-order valence-corrected chi connectivity index (χ1v) is 10.7. The average Bonchev–Trinajstić information content (AvgIpc) is 2.90. The van der Waals surface area contributed by atoms with Crippen LogP contribution in [-0.2, 0) is 10.2 Å². The Morgan fingerprint density at radius 2 is 1.52 bits per heavy atom. The van der Waals surface area contributed by atoms with Gasteiger partial charge in [-0.3, -0.25) is 4.79 Å². The van der Waals surface area contributed by atoms with Gasteiger partial charge in [-0.15, -0.1) is 0 Å². The van der Waals surface area contributed by atoms with E-state index in [1.807, 2.05) is 0 Å². The summed E-state index contributed by atoms with van der Waals surface area (Å²) in [7, 11) is 0. The molecule has 2 bridgehead atoms. The molecule has 0 radical (unpaired) electrons. The Kier molecular flexibility index (Phi) is 4.57. The first-order chi connectivity index (χ1) is 12.3. The molecule has 1 heteroatoms. The third-order valence-corrected chi connectivity index (χ3v) is 8.37. The molecule has 0 aromatic heterocycles. The van der Waals surface area contributed by atoms with Gasteiger partial charge in [0.25, 0.3) is 0 Å². The number of carbonyl (C=O) groups is 1. The van der Waals surface area contributed by atoms with Gasteiger partial charge in [0.05, 0.1) is 0 Å². The summed E-state index contributed by atoms with van der Waals surface area (Å²) in [6.07, 6.45) is 5.47. The first kappa shape index (κ1) is 20.4. The van der Waals surface area contributed by atoms with E-state index in [-0.39, 0.29) is 16.2 Å². The van der Waals surface area contributed by atoms with Crippen LogP contribution in [0.15, 0.2) is 5.57 Å². The molecule has 0 N–H and O–H groups in total. The van der Waals surface area contributed by atoms with E-state index in [0.29, 0.717) is 11.7 Å². The largest absolute Gasteiger partial charge is 0.294 e. The minimum atomic E-state index is -0.138. The van der Waals surface area contributed by atoms with Crippen molar-refractivity contribution < 1.29 is 4.79 Å². The van der Waals surface area contributed by atoms with Gasteiger partial charge in [0, 0.05) is 5.41 Å². The molecule has 148 valence electrons. The van der Waals surface area contributed by atoms with E-state index in [4.69, 9.17) is 0 Å². The Labute approximate surface area is 166 Å². The van der Waals surface area contributed by atoms with E-state index in [1.165, 1.54) is 33.4 Å². The number of fused-ring (bicyclic) bond motifs is 2. The van der Waals surface area contributed by atoms with Crippen LogP contribution in [-0.4, -0.2) is 5.78 Å². The number of benzene rings is 1. The van der Waals surface area contributed by atoms with Gasteiger partial charge < -0.3 is 0 Å². The molecule has 2 atom stereocenters. The zero-order valence-electron chi connectivity index (χ0n) is 19.2. The van der Waals surface area contributed by atoms with Gasteiger partial charge in [-0.2, -0.15) is 0 Å². The highest BCUT2D eigenvalue weighted by Crippen LogP contribution is 2.67. The number of carbonyl (C=O) groups excluding carboxylic acids is 1. The standard InChI is InChI=1S/C26H38O/c1-11-26-13-12-21(25(26,9)10)20(23(26)27)14-19-15(2)17(4)22(24(6,7)8)18(5)16(19)3/h14,21H,11-13H2,1-10H3/b20-14-. The number of Topliss-reactive ketones (excluding diaryl/α,β-unsaturated/α-hetero) is 1. The number of allylic oxidation sites excluding steroid dienone is 1. The lowest BCUT2D eigenvalue weighted by atomic mass is 9.67. The first-order valence-electron chi connectivity index (χ1n) is 10.7. The number of ketones is 1. The van der Waals surface area contributed by atoms with Crippen LogP contribution in [0.1, 0.15) is 94.2 Å². The second-order valence-corrected chi connectivity index (χ2v) is 10.7. The van der Waals surface area contributed by atoms with Crippen LogP contribution in [0.25, 0.3) is 6.08 Å². The molecule has 3 rings (SSSR count). The maximum Gasteiger partial charge on any atom is 0.165 e. The fraction of sp³-hybridized carbons (Fsp3) is 0.654. The highest BCUT2D eigenvalue weighted by Gasteiger charge is 2.65. The summed E-state index contributed by atoms with van der Waals surface area (Å²) in [6.45, 7) is 22.7. The highest BCUT2D eigenvalue weighted by molar-refractivity contribution is 6.08. The lowest BCUT2D eigenvalue weighted by Crippen LogP contribution is -2.35. The van der Waals surface area contributed by atoms with Gasteiger partial charge in [-0.05, 0) is 109 Å². The number of hydrogen-bond donors (Lipinski definition) is 0. The maximum atomic E-state index is 13.5. The van der Waals surface area contributed by atoms with Crippen molar-refractivity contribution in [1.82, 2.24) is 0 Å². The normalized spacial score (nSPS) is 28.4. The summed E-state index contributed by atoms with van der Waals surface area (Å²) >= 11 is 0.